The second kappa shape index (κ2) is 9.24. The van der Waals surface area contributed by atoms with Crippen LogP contribution in [0.5, 0.6) is 0 Å². The lowest BCUT2D eigenvalue weighted by Gasteiger charge is -2.03. The highest BCUT2D eigenvalue weighted by atomic mass is 79.9. The van der Waals surface area contributed by atoms with Crippen molar-refractivity contribution in [3.05, 3.63) is 34.1 Å². The lowest BCUT2D eigenvalue weighted by atomic mass is 10.0. The van der Waals surface area contributed by atoms with Gasteiger partial charge in [-0.25, -0.2) is 4.39 Å². The van der Waals surface area contributed by atoms with Gasteiger partial charge in [0.1, 0.15) is 5.82 Å². The van der Waals surface area contributed by atoms with Crippen molar-refractivity contribution in [2.75, 3.05) is 0 Å². The molecule has 0 bridgehead atoms. The van der Waals surface area contributed by atoms with Gasteiger partial charge >= 0.3 is 0 Å². The zero-order valence-electron chi connectivity index (χ0n) is 11.6. The van der Waals surface area contributed by atoms with Crippen LogP contribution in [0.4, 0.5) is 4.39 Å². The third-order valence-electron chi connectivity index (χ3n) is 3.25. The Bertz CT molecular complexity index is 404. The van der Waals surface area contributed by atoms with Gasteiger partial charge in [0.05, 0.1) is 4.47 Å². The number of hydrogen-bond donors (Lipinski definition) is 0. The summed E-state index contributed by atoms with van der Waals surface area (Å²) in [6.45, 7) is 2.21. The van der Waals surface area contributed by atoms with E-state index in [1.807, 2.05) is 0 Å². The molecule has 1 rings (SSSR count). The molecule has 0 aliphatic heterocycles. The van der Waals surface area contributed by atoms with Gasteiger partial charge < -0.3 is 0 Å². The molecule has 0 spiro atoms. The van der Waals surface area contributed by atoms with Crippen LogP contribution in [-0.4, -0.2) is 5.78 Å². The van der Waals surface area contributed by atoms with Crippen molar-refractivity contribution < 1.29 is 9.18 Å². The second-order valence-electron chi connectivity index (χ2n) is 4.92. The Hall–Kier alpha value is -0.700. The van der Waals surface area contributed by atoms with Crippen LogP contribution >= 0.6 is 15.9 Å². The van der Waals surface area contributed by atoms with Crippen LogP contribution in [-0.2, 0) is 0 Å². The normalized spacial score (nSPS) is 10.7. The maximum atomic E-state index is 13.1. The topological polar surface area (TPSA) is 17.1 Å². The van der Waals surface area contributed by atoms with Crippen LogP contribution in [0, 0.1) is 5.82 Å². The van der Waals surface area contributed by atoms with Gasteiger partial charge in [-0.15, -0.1) is 0 Å². The fraction of sp³-hybridized carbons (Fsp3) is 0.562. The van der Waals surface area contributed by atoms with Gasteiger partial charge in [0.25, 0.3) is 0 Å². The van der Waals surface area contributed by atoms with Crippen LogP contribution in [0.1, 0.15) is 68.6 Å². The summed E-state index contributed by atoms with van der Waals surface area (Å²) in [5, 5.41) is 0. The number of benzene rings is 1. The lowest BCUT2D eigenvalue weighted by Crippen LogP contribution is -1.99. The van der Waals surface area contributed by atoms with Gasteiger partial charge in [-0.2, -0.15) is 0 Å². The van der Waals surface area contributed by atoms with E-state index in [-0.39, 0.29) is 11.6 Å². The Morgan fingerprint density at radius 3 is 2.37 bits per heavy atom. The molecule has 3 heteroatoms. The van der Waals surface area contributed by atoms with Crippen molar-refractivity contribution >= 4 is 21.7 Å². The third-order valence-corrected chi connectivity index (χ3v) is 3.86. The number of carbonyl (C=O) groups excluding carboxylic acids is 1. The maximum absolute atomic E-state index is 13.1. The SMILES string of the molecule is CCCCCCCCCC(=O)c1ccc(F)c(Br)c1. The van der Waals surface area contributed by atoms with E-state index in [0.29, 0.717) is 16.5 Å². The van der Waals surface area contributed by atoms with E-state index >= 15 is 0 Å². The molecule has 0 N–H and O–H groups in total. The smallest absolute Gasteiger partial charge is 0.162 e. The molecule has 1 aromatic rings. The van der Waals surface area contributed by atoms with E-state index in [9.17, 15) is 9.18 Å². The molecule has 0 fully saturated rings. The lowest BCUT2D eigenvalue weighted by molar-refractivity contribution is 0.0979. The summed E-state index contributed by atoms with van der Waals surface area (Å²) in [6.07, 6.45) is 8.95. The predicted octanol–water partition coefficient (Wildman–Crippen LogP) is 5.91. The molecule has 0 unspecified atom stereocenters. The molecule has 0 aromatic heterocycles. The van der Waals surface area contributed by atoms with Gasteiger partial charge in [0.2, 0.25) is 0 Å². The van der Waals surface area contributed by atoms with Crippen molar-refractivity contribution in [3.8, 4) is 0 Å². The molecular weight excluding hydrogens is 307 g/mol. The molecule has 0 aliphatic carbocycles. The van der Waals surface area contributed by atoms with Gasteiger partial charge in [-0.1, -0.05) is 45.4 Å². The summed E-state index contributed by atoms with van der Waals surface area (Å²) >= 11 is 3.10. The highest BCUT2D eigenvalue weighted by Gasteiger charge is 2.08. The molecule has 0 heterocycles. The van der Waals surface area contributed by atoms with Crippen molar-refractivity contribution in [2.24, 2.45) is 0 Å². The first-order chi connectivity index (χ1) is 9.15. The largest absolute Gasteiger partial charge is 0.294 e. The average molecular weight is 329 g/mol. The predicted molar refractivity (Wildman–Crippen MR) is 81.0 cm³/mol. The summed E-state index contributed by atoms with van der Waals surface area (Å²) in [7, 11) is 0. The van der Waals surface area contributed by atoms with Crippen LogP contribution in [0.3, 0.4) is 0 Å². The van der Waals surface area contributed by atoms with Gasteiger partial charge in [0, 0.05) is 12.0 Å². The zero-order valence-corrected chi connectivity index (χ0v) is 13.1. The van der Waals surface area contributed by atoms with Crippen LogP contribution in [0.15, 0.2) is 22.7 Å². The molecule has 0 aliphatic rings. The Kier molecular flexibility index (Phi) is 7.96. The molecule has 0 saturated heterocycles. The monoisotopic (exact) mass is 328 g/mol. The number of halogens is 2. The minimum atomic E-state index is -0.326. The van der Waals surface area contributed by atoms with Crippen LogP contribution < -0.4 is 0 Å². The molecule has 0 radical (unpaired) electrons. The fourth-order valence-corrected chi connectivity index (χ4v) is 2.44. The van der Waals surface area contributed by atoms with E-state index in [1.54, 1.807) is 12.1 Å². The van der Waals surface area contributed by atoms with E-state index in [0.717, 1.165) is 12.8 Å². The number of Topliss-reactive ketones (excluding diaryl/α,β-unsaturated/α-hetero) is 1. The van der Waals surface area contributed by atoms with E-state index in [4.69, 9.17) is 0 Å². The number of hydrogen-bond acceptors (Lipinski definition) is 1. The average Bonchev–Trinajstić information content (AvgIpc) is 2.40. The number of rotatable bonds is 9. The minimum absolute atomic E-state index is 0.106. The van der Waals surface area contributed by atoms with Gasteiger partial charge in [0.15, 0.2) is 5.78 Å². The summed E-state index contributed by atoms with van der Waals surface area (Å²) < 4.78 is 13.4. The molecule has 0 saturated carbocycles. The van der Waals surface area contributed by atoms with Crippen molar-refractivity contribution in [3.63, 3.8) is 0 Å². The quantitative estimate of drug-likeness (QED) is 0.406. The standard InChI is InChI=1S/C16H22BrFO/c1-2-3-4-5-6-7-8-9-16(19)13-10-11-15(18)14(17)12-13/h10-12H,2-9H2,1H3. The summed E-state index contributed by atoms with van der Waals surface area (Å²) in [5.74, 6) is -0.221. The van der Waals surface area contributed by atoms with E-state index in [2.05, 4.69) is 22.9 Å². The fourth-order valence-electron chi connectivity index (χ4n) is 2.06. The zero-order chi connectivity index (χ0) is 14.1. The summed E-state index contributed by atoms with van der Waals surface area (Å²) in [5.41, 5.74) is 0.597. The highest BCUT2D eigenvalue weighted by molar-refractivity contribution is 9.10. The first-order valence-electron chi connectivity index (χ1n) is 7.13. The number of carbonyl (C=O) groups is 1. The molecule has 0 atom stereocenters. The van der Waals surface area contributed by atoms with E-state index in [1.165, 1.54) is 38.2 Å². The number of ketones is 1. The summed E-state index contributed by atoms with van der Waals surface area (Å²) in [6, 6.07) is 4.46. The minimum Gasteiger partial charge on any atom is -0.294 e. The molecule has 1 aromatic carbocycles. The molecule has 0 amide bonds. The van der Waals surface area contributed by atoms with Crippen LogP contribution in [0.2, 0.25) is 0 Å². The number of unbranched alkanes of at least 4 members (excludes halogenated alkanes) is 6. The van der Waals surface area contributed by atoms with Crippen molar-refractivity contribution in [2.45, 2.75) is 58.3 Å². The Morgan fingerprint density at radius 2 is 1.74 bits per heavy atom. The highest BCUT2D eigenvalue weighted by Crippen LogP contribution is 2.18. The van der Waals surface area contributed by atoms with Crippen molar-refractivity contribution in [1.29, 1.82) is 0 Å². The molecular formula is C16H22BrFO. The Labute approximate surface area is 123 Å². The van der Waals surface area contributed by atoms with E-state index < -0.39 is 0 Å². The maximum Gasteiger partial charge on any atom is 0.162 e. The summed E-state index contributed by atoms with van der Waals surface area (Å²) in [4.78, 5) is 11.9. The Morgan fingerprint density at radius 1 is 1.11 bits per heavy atom. The van der Waals surface area contributed by atoms with Crippen LogP contribution in [0.25, 0.3) is 0 Å². The third kappa shape index (κ3) is 6.33. The molecule has 106 valence electrons. The first kappa shape index (κ1) is 16.4. The van der Waals surface area contributed by atoms with Gasteiger partial charge in [-0.3, -0.25) is 4.79 Å². The van der Waals surface area contributed by atoms with Gasteiger partial charge in [-0.05, 0) is 40.5 Å². The molecule has 1 nitrogen and oxygen atoms in total. The first-order valence-corrected chi connectivity index (χ1v) is 7.92. The Balaban J connectivity index is 2.22. The van der Waals surface area contributed by atoms with Crippen molar-refractivity contribution in [1.82, 2.24) is 0 Å². The molecule has 19 heavy (non-hydrogen) atoms. The second-order valence-corrected chi connectivity index (χ2v) is 5.78.